The minimum absolute atomic E-state index is 0.113. The van der Waals surface area contributed by atoms with Crippen molar-refractivity contribution in [2.75, 3.05) is 6.61 Å². The molecule has 0 N–H and O–H groups in total. The molecule has 2 heterocycles. The number of ketones is 1. The maximum atomic E-state index is 12.1. The van der Waals surface area contributed by atoms with E-state index in [-0.39, 0.29) is 6.42 Å². The summed E-state index contributed by atoms with van der Waals surface area (Å²) in [6.07, 6.45) is -0.113. The average molecular weight is 355 g/mol. The number of hydrogen-bond acceptors (Lipinski definition) is 8. The number of para-hydroxylation sites is 1. The van der Waals surface area contributed by atoms with E-state index in [1.54, 1.807) is 30.5 Å². The second kappa shape index (κ2) is 7.23. The Balaban J connectivity index is 1.60. The van der Waals surface area contributed by atoms with E-state index in [1.165, 1.54) is 11.3 Å². The van der Waals surface area contributed by atoms with E-state index >= 15 is 0 Å². The molecule has 0 saturated carbocycles. The number of benzene rings is 1. The Labute approximate surface area is 146 Å². The van der Waals surface area contributed by atoms with Crippen molar-refractivity contribution < 1.29 is 18.8 Å². The van der Waals surface area contributed by atoms with Gasteiger partial charge in [0.05, 0.1) is 12.5 Å². The van der Waals surface area contributed by atoms with Crippen LogP contribution in [0.15, 0.2) is 34.2 Å². The molecule has 3 aromatic rings. The summed E-state index contributed by atoms with van der Waals surface area (Å²) in [5.41, 5.74) is 1.76. The molecule has 0 aliphatic heterocycles. The molecular weight excluding hydrogens is 342 g/mol. The normalized spacial score (nSPS) is 11.8. The highest BCUT2D eigenvalue weighted by Crippen LogP contribution is 2.21. The Morgan fingerprint density at radius 1 is 1.40 bits per heavy atom. The van der Waals surface area contributed by atoms with Gasteiger partial charge in [-0.15, -0.1) is 11.3 Å². The number of hydrogen-bond donors (Lipinski definition) is 0. The van der Waals surface area contributed by atoms with Crippen molar-refractivity contribution in [3.05, 3.63) is 46.0 Å². The van der Waals surface area contributed by atoms with E-state index in [2.05, 4.69) is 10.1 Å². The summed E-state index contributed by atoms with van der Waals surface area (Å²) in [4.78, 5) is 28.2. The van der Waals surface area contributed by atoms with Crippen LogP contribution >= 0.6 is 11.3 Å². The minimum atomic E-state index is -1.03. The number of fused-ring (bicyclic) bond motifs is 1. The largest absolute Gasteiger partial charge is 0.457 e. The van der Waals surface area contributed by atoms with Gasteiger partial charge in [0.2, 0.25) is 0 Å². The lowest BCUT2D eigenvalue weighted by Gasteiger charge is -2.06. The molecule has 126 valence electrons. The highest BCUT2D eigenvalue weighted by Gasteiger charge is 2.24. The van der Waals surface area contributed by atoms with Crippen LogP contribution in [0.4, 0.5) is 0 Å². The molecule has 8 heteroatoms. The highest BCUT2D eigenvalue weighted by molar-refractivity contribution is 7.09. The molecule has 0 fully saturated rings. The number of rotatable bonds is 6. The number of carbonyl (C=O) groups is 2. The Morgan fingerprint density at radius 3 is 2.92 bits per heavy atom. The first kappa shape index (κ1) is 16.8. The zero-order valence-electron chi connectivity index (χ0n) is 13.3. The van der Waals surface area contributed by atoms with E-state index in [0.29, 0.717) is 16.3 Å². The summed E-state index contributed by atoms with van der Waals surface area (Å²) in [6.45, 7) is 1.30. The molecular formula is C17H13N3O4S. The number of carbonyl (C=O) groups excluding carboxylic acids is 2. The van der Waals surface area contributed by atoms with Gasteiger partial charge in [0.15, 0.2) is 23.9 Å². The van der Waals surface area contributed by atoms with Crippen molar-refractivity contribution in [3.63, 3.8) is 0 Å². The first-order chi connectivity index (χ1) is 12.1. The lowest BCUT2D eigenvalue weighted by atomic mass is 10.1. The molecule has 3 rings (SSSR count). The third kappa shape index (κ3) is 3.72. The van der Waals surface area contributed by atoms with Crippen LogP contribution in [0.25, 0.3) is 11.0 Å². The van der Waals surface area contributed by atoms with E-state index < -0.39 is 24.3 Å². The third-order valence-electron chi connectivity index (χ3n) is 3.47. The molecule has 0 radical (unpaired) electrons. The van der Waals surface area contributed by atoms with E-state index in [0.717, 1.165) is 11.1 Å². The number of nitrogens with zero attached hydrogens (tertiary/aromatic N) is 3. The zero-order chi connectivity index (χ0) is 17.8. The van der Waals surface area contributed by atoms with Crippen molar-refractivity contribution in [1.29, 1.82) is 5.26 Å². The van der Waals surface area contributed by atoms with E-state index in [4.69, 9.17) is 9.26 Å². The fourth-order valence-corrected chi connectivity index (χ4v) is 3.12. The number of esters is 1. The maximum Gasteiger partial charge on any atom is 0.312 e. The average Bonchev–Trinajstić information content (AvgIpc) is 3.21. The summed E-state index contributed by atoms with van der Waals surface area (Å²) in [5, 5.41) is 15.9. The van der Waals surface area contributed by atoms with Crippen molar-refractivity contribution >= 4 is 34.1 Å². The van der Waals surface area contributed by atoms with Crippen LogP contribution in [-0.4, -0.2) is 28.5 Å². The Kier molecular flexibility index (Phi) is 4.86. The third-order valence-corrected chi connectivity index (χ3v) is 4.50. The SMILES string of the molecule is Cc1csc([C@H](C#N)C(=O)COC(=O)Cc2noc3ccccc23)n1. The molecule has 25 heavy (non-hydrogen) atoms. The van der Waals surface area contributed by atoms with Gasteiger partial charge in [-0.3, -0.25) is 9.59 Å². The Bertz CT molecular complexity index is 970. The molecule has 0 spiro atoms. The molecule has 0 unspecified atom stereocenters. The van der Waals surface area contributed by atoms with Gasteiger partial charge in [-0.05, 0) is 19.1 Å². The minimum Gasteiger partial charge on any atom is -0.457 e. The van der Waals surface area contributed by atoms with Crippen LogP contribution in [-0.2, 0) is 20.7 Å². The number of thiazole rings is 1. The number of ether oxygens (including phenoxy) is 1. The summed E-state index contributed by atoms with van der Waals surface area (Å²) in [5.74, 6) is -2.14. The van der Waals surface area contributed by atoms with Crippen molar-refractivity contribution in [2.45, 2.75) is 19.3 Å². The van der Waals surface area contributed by atoms with Gasteiger partial charge in [-0.1, -0.05) is 17.3 Å². The second-order valence-electron chi connectivity index (χ2n) is 5.32. The van der Waals surface area contributed by atoms with Gasteiger partial charge >= 0.3 is 5.97 Å². The molecule has 7 nitrogen and oxygen atoms in total. The van der Waals surface area contributed by atoms with Crippen molar-refractivity contribution in [3.8, 4) is 6.07 Å². The monoisotopic (exact) mass is 355 g/mol. The molecule has 0 aliphatic rings. The van der Waals surface area contributed by atoms with Crippen LogP contribution in [0.1, 0.15) is 22.3 Å². The lowest BCUT2D eigenvalue weighted by Crippen LogP contribution is -2.20. The van der Waals surface area contributed by atoms with Crippen molar-refractivity contribution in [2.24, 2.45) is 0 Å². The molecule has 1 aromatic carbocycles. The van der Waals surface area contributed by atoms with Gasteiger partial charge < -0.3 is 9.26 Å². The van der Waals surface area contributed by atoms with E-state index in [9.17, 15) is 14.9 Å². The predicted molar refractivity (Wildman–Crippen MR) is 88.9 cm³/mol. The zero-order valence-corrected chi connectivity index (χ0v) is 14.1. The second-order valence-corrected chi connectivity index (χ2v) is 6.21. The smallest absolute Gasteiger partial charge is 0.312 e. The maximum absolute atomic E-state index is 12.1. The molecule has 2 aromatic heterocycles. The highest BCUT2D eigenvalue weighted by atomic mass is 32.1. The number of nitriles is 1. The quantitative estimate of drug-likeness (QED) is 0.625. The number of Topliss-reactive ketones (excluding diaryl/α,β-unsaturated/α-hetero) is 1. The van der Waals surface area contributed by atoms with Gasteiger partial charge in [-0.25, -0.2) is 4.98 Å². The van der Waals surface area contributed by atoms with Crippen LogP contribution in [0.5, 0.6) is 0 Å². The molecule has 1 atom stereocenters. The summed E-state index contributed by atoms with van der Waals surface area (Å²) >= 11 is 1.23. The molecule has 0 saturated heterocycles. The first-order valence-corrected chi connectivity index (χ1v) is 8.29. The summed E-state index contributed by atoms with van der Waals surface area (Å²) in [7, 11) is 0. The van der Waals surface area contributed by atoms with Crippen LogP contribution < -0.4 is 0 Å². The van der Waals surface area contributed by atoms with Crippen molar-refractivity contribution in [1.82, 2.24) is 10.1 Å². The number of aryl methyl sites for hydroxylation is 1. The molecule has 0 bridgehead atoms. The lowest BCUT2D eigenvalue weighted by molar-refractivity contribution is -0.147. The topological polar surface area (TPSA) is 106 Å². The van der Waals surface area contributed by atoms with Crippen LogP contribution in [0.3, 0.4) is 0 Å². The summed E-state index contributed by atoms with van der Waals surface area (Å²) < 4.78 is 10.1. The van der Waals surface area contributed by atoms with Gasteiger partial charge in [-0.2, -0.15) is 5.26 Å². The Hall–Kier alpha value is -3.05. The fraction of sp³-hybridized carbons (Fsp3) is 0.235. The van der Waals surface area contributed by atoms with Gasteiger partial charge in [0.25, 0.3) is 0 Å². The van der Waals surface area contributed by atoms with Gasteiger partial charge in [0.1, 0.15) is 10.7 Å². The van der Waals surface area contributed by atoms with Gasteiger partial charge in [0, 0.05) is 16.5 Å². The predicted octanol–water partition coefficient (Wildman–Crippen LogP) is 2.55. The van der Waals surface area contributed by atoms with Crippen LogP contribution in [0.2, 0.25) is 0 Å². The Morgan fingerprint density at radius 2 is 2.20 bits per heavy atom. The van der Waals surface area contributed by atoms with E-state index in [1.807, 2.05) is 12.1 Å². The fourth-order valence-electron chi connectivity index (χ4n) is 2.26. The van der Waals surface area contributed by atoms with Crippen LogP contribution in [0, 0.1) is 18.3 Å². The molecule has 0 amide bonds. The summed E-state index contributed by atoms with van der Waals surface area (Å²) in [6, 6.07) is 9.05. The standard InChI is InChI=1S/C17H13N3O4S/c1-10-9-25-17(19-10)12(7-18)14(21)8-23-16(22)6-13-11-4-2-3-5-15(11)24-20-13/h2-5,9,12H,6,8H2,1H3/t12-/m1/s1. The first-order valence-electron chi connectivity index (χ1n) is 7.41. The number of aromatic nitrogens is 2. The molecule has 0 aliphatic carbocycles.